The predicted molar refractivity (Wildman–Crippen MR) is 55.4 cm³/mol. The minimum absolute atomic E-state index is 0.163. The lowest BCUT2D eigenvalue weighted by Crippen LogP contribution is -2.06. The van der Waals surface area contributed by atoms with E-state index in [9.17, 15) is 4.79 Å². The molecule has 0 atom stereocenters. The van der Waals surface area contributed by atoms with Gasteiger partial charge < -0.3 is 4.74 Å². The average Bonchev–Trinajstić information content (AvgIpc) is 2.19. The predicted octanol–water partition coefficient (Wildman–Crippen LogP) is 2.42. The van der Waals surface area contributed by atoms with E-state index in [1.165, 1.54) is 0 Å². The van der Waals surface area contributed by atoms with Crippen LogP contribution < -0.4 is 4.74 Å². The van der Waals surface area contributed by atoms with Crippen molar-refractivity contribution in [2.75, 3.05) is 11.9 Å². The Hall–Kier alpha value is -0.830. The van der Waals surface area contributed by atoms with Gasteiger partial charge in [0, 0.05) is 6.42 Å². The minimum atomic E-state index is 0.163. The number of halogens is 1. The zero-order chi connectivity index (χ0) is 9.52. The Morgan fingerprint density at radius 1 is 1.31 bits per heavy atom. The number of hydrogen-bond acceptors (Lipinski definition) is 2. The van der Waals surface area contributed by atoms with E-state index in [2.05, 4.69) is 15.9 Å². The SMILES string of the molecule is O=C(CBr)CCOc1ccccc1. The molecule has 0 saturated carbocycles. The fraction of sp³-hybridized carbons (Fsp3) is 0.300. The molecule has 13 heavy (non-hydrogen) atoms. The van der Waals surface area contributed by atoms with Gasteiger partial charge in [-0.3, -0.25) is 4.79 Å². The van der Waals surface area contributed by atoms with Crippen LogP contribution in [0, 0.1) is 0 Å². The topological polar surface area (TPSA) is 26.3 Å². The standard InChI is InChI=1S/C10H11BrO2/c11-8-9(12)6-7-13-10-4-2-1-3-5-10/h1-5H,6-8H2. The normalized spacial score (nSPS) is 9.62. The molecular formula is C10H11BrO2. The molecule has 0 aliphatic rings. The van der Waals surface area contributed by atoms with E-state index in [4.69, 9.17) is 4.74 Å². The van der Waals surface area contributed by atoms with Crippen molar-refractivity contribution in [1.29, 1.82) is 0 Å². The molecule has 0 spiro atoms. The highest BCUT2D eigenvalue weighted by Crippen LogP contribution is 2.08. The van der Waals surface area contributed by atoms with Crippen LogP contribution in [0.5, 0.6) is 5.75 Å². The number of hydrogen-bond donors (Lipinski definition) is 0. The second-order valence-electron chi connectivity index (χ2n) is 2.58. The van der Waals surface area contributed by atoms with Gasteiger partial charge in [0.2, 0.25) is 0 Å². The van der Waals surface area contributed by atoms with Gasteiger partial charge in [0.25, 0.3) is 0 Å². The monoisotopic (exact) mass is 242 g/mol. The Labute approximate surface area is 86.0 Å². The smallest absolute Gasteiger partial charge is 0.146 e. The Morgan fingerprint density at radius 2 is 2.00 bits per heavy atom. The lowest BCUT2D eigenvalue weighted by atomic mass is 10.3. The zero-order valence-electron chi connectivity index (χ0n) is 7.20. The number of carbonyl (C=O) groups excluding carboxylic acids is 1. The lowest BCUT2D eigenvalue weighted by molar-refractivity contribution is -0.116. The third kappa shape index (κ3) is 4.08. The number of ether oxygens (including phenoxy) is 1. The molecule has 70 valence electrons. The van der Waals surface area contributed by atoms with Gasteiger partial charge in [0.1, 0.15) is 11.5 Å². The van der Waals surface area contributed by atoms with Crippen LogP contribution >= 0.6 is 15.9 Å². The number of rotatable bonds is 5. The van der Waals surface area contributed by atoms with Crippen molar-refractivity contribution in [3.63, 3.8) is 0 Å². The second-order valence-corrected chi connectivity index (χ2v) is 3.14. The van der Waals surface area contributed by atoms with E-state index >= 15 is 0 Å². The molecule has 1 aromatic rings. The molecule has 0 heterocycles. The Kier molecular flexibility index (Phi) is 4.54. The van der Waals surface area contributed by atoms with Gasteiger partial charge in [-0.05, 0) is 12.1 Å². The van der Waals surface area contributed by atoms with E-state index in [0.29, 0.717) is 18.4 Å². The van der Waals surface area contributed by atoms with Crippen molar-refractivity contribution < 1.29 is 9.53 Å². The molecule has 0 saturated heterocycles. The van der Waals surface area contributed by atoms with Gasteiger partial charge in [-0.2, -0.15) is 0 Å². The fourth-order valence-electron chi connectivity index (χ4n) is 0.866. The average molecular weight is 243 g/mol. The van der Waals surface area contributed by atoms with Crippen LogP contribution in [0.4, 0.5) is 0 Å². The first-order chi connectivity index (χ1) is 6.33. The van der Waals surface area contributed by atoms with E-state index < -0.39 is 0 Å². The summed E-state index contributed by atoms with van der Waals surface area (Å²) in [5.41, 5.74) is 0. The number of Topliss-reactive ketones (excluding diaryl/α,β-unsaturated/α-hetero) is 1. The van der Waals surface area contributed by atoms with Crippen molar-refractivity contribution in [3.8, 4) is 5.75 Å². The Balaban J connectivity index is 2.24. The Morgan fingerprint density at radius 3 is 2.62 bits per heavy atom. The summed E-state index contributed by atoms with van der Waals surface area (Å²) in [5.74, 6) is 0.973. The third-order valence-electron chi connectivity index (χ3n) is 1.54. The van der Waals surface area contributed by atoms with Gasteiger partial charge in [0.15, 0.2) is 0 Å². The molecule has 0 amide bonds. The summed E-state index contributed by atoms with van der Waals surface area (Å²) in [4.78, 5) is 10.9. The van der Waals surface area contributed by atoms with E-state index in [1.54, 1.807) is 0 Å². The van der Waals surface area contributed by atoms with Crippen molar-refractivity contribution in [3.05, 3.63) is 30.3 Å². The van der Waals surface area contributed by atoms with Crippen molar-refractivity contribution in [2.24, 2.45) is 0 Å². The van der Waals surface area contributed by atoms with Gasteiger partial charge in [-0.1, -0.05) is 34.1 Å². The quantitative estimate of drug-likeness (QED) is 0.742. The molecule has 1 aromatic carbocycles. The molecule has 0 radical (unpaired) electrons. The summed E-state index contributed by atoms with van der Waals surface area (Å²) in [7, 11) is 0. The lowest BCUT2D eigenvalue weighted by Gasteiger charge is -2.03. The number of carbonyl (C=O) groups is 1. The van der Waals surface area contributed by atoms with E-state index in [0.717, 1.165) is 5.75 Å². The van der Waals surface area contributed by atoms with Crippen LogP contribution in [0.1, 0.15) is 6.42 Å². The van der Waals surface area contributed by atoms with Crippen LogP contribution in [-0.4, -0.2) is 17.7 Å². The van der Waals surface area contributed by atoms with Gasteiger partial charge in [-0.15, -0.1) is 0 Å². The van der Waals surface area contributed by atoms with Crippen molar-refractivity contribution >= 4 is 21.7 Å². The van der Waals surface area contributed by atoms with Crippen LogP contribution in [0.3, 0.4) is 0 Å². The highest BCUT2D eigenvalue weighted by Gasteiger charge is 1.98. The highest BCUT2D eigenvalue weighted by atomic mass is 79.9. The number of alkyl halides is 1. The summed E-state index contributed by atoms with van der Waals surface area (Å²) < 4.78 is 5.34. The van der Waals surface area contributed by atoms with Crippen molar-refractivity contribution in [1.82, 2.24) is 0 Å². The van der Waals surface area contributed by atoms with Crippen LogP contribution in [-0.2, 0) is 4.79 Å². The van der Waals surface area contributed by atoms with Crippen LogP contribution in [0.25, 0.3) is 0 Å². The van der Waals surface area contributed by atoms with Gasteiger partial charge >= 0.3 is 0 Å². The number of benzene rings is 1. The highest BCUT2D eigenvalue weighted by molar-refractivity contribution is 9.09. The number of para-hydroxylation sites is 1. The summed E-state index contributed by atoms with van der Waals surface area (Å²) in [6.07, 6.45) is 0.458. The molecular weight excluding hydrogens is 232 g/mol. The van der Waals surface area contributed by atoms with Crippen molar-refractivity contribution in [2.45, 2.75) is 6.42 Å². The first kappa shape index (κ1) is 10.3. The van der Waals surface area contributed by atoms with E-state index in [1.807, 2.05) is 30.3 Å². The minimum Gasteiger partial charge on any atom is -0.493 e. The molecule has 0 fully saturated rings. The maximum absolute atomic E-state index is 10.9. The summed E-state index contributed by atoms with van der Waals surface area (Å²) in [6.45, 7) is 0.453. The molecule has 0 unspecified atom stereocenters. The van der Waals surface area contributed by atoms with E-state index in [-0.39, 0.29) is 5.78 Å². The summed E-state index contributed by atoms with van der Waals surface area (Å²) >= 11 is 3.10. The molecule has 0 aliphatic carbocycles. The first-order valence-electron chi connectivity index (χ1n) is 4.08. The first-order valence-corrected chi connectivity index (χ1v) is 5.20. The molecule has 0 bridgehead atoms. The van der Waals surface area contributed by atoms with Gasteiger partial charge in [0.05, 0.1) is 11.9 Å². The molecule has 0 aliphatic heterocycles. The summed E-state index contributed by atoms with van der Waals surface area (Å²) in [6, 6.07) is 9.48. The maximum Gasteiger partial charge on any atom is 0.146 e. The number of ketones is 1. The van der Waals surface area contributed by atoms with Crippen LogP contribution in [0.15, 0.2) is 30.3 Å². The van der Waals surface area contributed by atoms with Gasteiger partial charge in [-0.25, -0.2) is 0 Å². The summed E-state index contributed by atoms with van der Waals surface area (Å²) in [5, 5.41) is 0.408. The molecule has 0 N–H and O–H groups in total. The third-order valence-corrected chi connectivity index (χ3v) is 2.17. The fourth-order valence-corrected chi connectivity index (χ4v) is 1.15. The molecule has 1 rings (SSSR count). The zero-order valence-corrected chi connectivity index (χ0v) is 8.79. The molecule has 0 aromatic heterocycles. The second kappa shape index (κ2) is 5.75. The Bertz CT molecular complexity index is 259. The van der Waals surface area contributed by atoms with Crippen LogP contribution in [0.2, 0.25) is 0 Å². The largest absolute Gasteiger partial charge is 0.493 e. The maximum atomic E-state index is 10.9. The molecule has 3 heteroatoms. The molecule has 2 nitrogen and oxygen atoms in total.